The number of nitrogens with zero attached hydrogens (tertiary/aromatic N) is 3. The van der Waals surface area contributed by atoms with Gasteiger partial charge in [0.2, 0.25) is 0 Å². The average Bonchev–Trinajstić information content (AvgIpc) is 3.02. The molecular weight excluding hydrogens is 248 g/mol. The first-order chi connectivity index (χ1) is 9.86. The zero-order valence-corrected chi connectivity index (χ0v) is 12.0. The molecule has 1 fully saturated rings. The number of hydrogen-bond acceptors (Lipinski definition) is 3. The van der Waals surface area contributed by atoms with Gasteiger partial charge in [-0.2, -0.15) is 0 Å². The highest BCUT2D eigenvalue weighted by Gasteiger charge is 2.23. The Morgan fingerprint density at radius 3 is 2.80 bits per heavy atom. The molecule has 2 aromatic rings. The molecule has 0 saturated heterocycles. The van der Waals surface area contributed by atoms with Crippen LogP contribution in [0.4, 0.5) is 5.69 Å². The third-order valence-corrected chi connectivity index (χ3v) is 4.35. The number of nitrogens with one attached hydrogen (secondary N) is 1. The van der Waals surface area contributed by atoms with E-state index in [0.717, 1.165) is 11.6 Å². The van der Waals surface area contributed by atoms with Crippen LogP contribution in [0.2, 0.25) is 0 Å². The van der Waals surface area contributed by atoms with Crippen molar-refractivity contribution >= 4 is 5.69 Å². The lowest BCUT2D eigenvalue weighted by Gasteiger charge is -2.32. The summed E-state index contributed by atoms with van der Waals surface area (Å²) >= 11 is 0. The van der Waals surface area contributed by atoms with Crippen LogP contribution >= 0.6 is 0 Å². The second kappa shape index (κ2) is 6.07. The molecule has 1 saturated carbocycles. The lowest BCUT2D eigenvalue weighted by Crippen LogP contribution is -2.31. The Hall–Kier alpha value is -1.84. The maximum Gasteiger partial charge on any atom is 0.123 e. The quantitative estimate of drug-likeness (QED) is 0.922. The van der Waals surface area contributed by atoms with Crippen molar-refractivity contribution < 1.29 is 0 Å². The van der Waals surface area contributed by atoms with Crippen LogP contribution in [-0.2, 0) is 0 Å². The first-order valence-corrected chi connectivity index (χ1v) is 7.58. The van der Waals surface area contributed by atoms with E-state index in [2.05, 4.69) is 46.7 Å². The SMILES string of the molecule is CCC1CCCCC1Nc1cccc(-n2cnnc2)c1. The molecule has 1 aliphatic rings. The van der Waals surface area contributed by atoms with Crippen LogP contribution in [0.25, 0.3) is 5.69 Å². The first-order valence-electron chi connectivity index (χ1n) is 7.58. The fourth-order valence-electron chi connectivity index (χ4n) is 3.19. The monoisotopic (exact) mass is 270 g/mol. The average molecular weight is 270 g/mol. The molecule has 0 bridgehead atoms. The molecule has 4 heteroatoms. The second-order valence-electron chi connectivity index (χ2n) is 5.62. The summed E-state index contributed by atoms with van der Waals surface area (Å²) in [4.78, 5) is 0. The van der Waals surface area contributed by atoms with Crippen LogP contribution in [0, 0.1) is 5.92 Å². The lowest BCUT2D eigenvalue weighted by atomic mass is 9.83. The molecule has 0 radical (unpaired) electrons. The maximum atomic E-state index is 3.86. The predicted molar refractivity (Wildman–Crippen MR) is 81.0 cm³/mol. The molecule has 0 aliphatic heterocycles. The van der Waals surface area contributed by atoms with Crippen molar-refractivity contribution in [1.82, 2.24) is 14.8 Å². The zero-order valence-electron chi connectivity index (χ0n) is 12.0. The number of aromatic nitrogens is 3. The van der Waals surface area contributed by atoms with Crippen LogP contribution in [-0.4, -0.2) is 20.8 Å². The van der Waals surface area contributed by atoms with Gasteiger partial charge in [-0.05, 0) is 37.0 Å². The molecule has 1 N–H and O–H groups in total. The number of anilines is 1. The molecule has 106 valence electrons. The molecular formula is C16H22N4. The Bertz CT molecular complexity index is 535. The minimum atomic E-state index is 0.616. The standard InChI is InChI=1S/C16H22N4/c1-2-13-6-3-4-9-16(13)19-14-7-5-8-15(10-14)20-11-17-18-12-20/h5,7-8,10-13,16,19H,2-4,6,9H2,1H3. The highest BCUT2D eigenvalue weighted by molar-refractivity contribution is 5.51. The summed E-state index contributed by atoms with van der Waals surface area (Å²) in [7, 11) is 0. The van der Waals surface area contributed by atoms with Crippen molar-refractivity contribution in [3.8, 4) is 5.69 Å². The van der Waals surface area contributed by atoms with Crippen LogP contribution in [0.3, 0.4) is 0 Å². The summed E-state index contributed by atoms with van der Waals surface area (Å²) in [5.74, 6) is 0.808. The van der Waals surface area contributed by atoms with Gasteiger partial charge < -0.3 is 5.32 Å². The van der Waals surface area contributed by atoms with Crippen molar-refractivity contribution in [1.29, 1.82) is 0 Å². The van der Waals surface area contributed by atoms with Crippen LogP contribution in [0.1, 0.15) is 39.0 Å². The summed E-state index contributed by atoms with van der Waals surface area (Å²) in [6.07, 6.45) is 10.1. The Labute approximate surface area is 120 Å². The molecule has 0 spiro atoms. The summed E-state index contributed by atoms with van der Waals surface area (Å²) in [6.45, 7) is 2.30. The molecule has 1 heterocycles. The molecule has 4 nitrogen and oxygen atoms in total. The normalized spacial score (nSPS) is 22.6. The van der Waals surface area contributed by atoms with Gasteiger partial charge in [-0.3, -0.25) is 4.57 Å². The van der Waals surface area contributed by atoms with E-state index in [1.165, 1.54) is 37.8 Å². The number of rotatable bonds is 4. The van der Waals surface area contributed by atoms with Crippen LogP contribution in [0.15, 0.2) is 36.9 Å². The molecule has 1 aromatic heterocycles. The first kappa shape index (κ1) is 13.2. The summed E-state index contributed by atoms with van der Waals surface area (Å²) in [6, 6.07) is 9.10. The highest BCUT2D eigenvalue weighted by Crippen LogP contribution is 2.29. The van der Waals surface area contributed by atoms with Gasteiger partial charge >= 0.3 is 0 Å². The molecule has 1 aliphatic carbocycles. The third kappa shape index (κ3) is 2.84. The van der Waals surface area contributed by atoms with Gasteiger partial charge in [0.1, 0.15) is 12.7 Å². The Morgan fingerprint density at radius 2 is 2.00 bits per heavy atom. The van der Waals surface area contributed by atoms with Crippen molar-refractivity contribution in [2.75, 3.05) is 5.32 Å². The Kier molecular flexibility index (Phi) is 4.00. The largest absolute Gasteiger partial charge is 0.382 e. The summed E-state index contributed by atoms with van der Waals surface area (Å²) in [5.41, 5.74) is 2.30. The van der Waals surface area contributed by atoms with E-state index in [1.54, 1.807) is 12.7 Å². The Balaban J connectivity index is 1.75. The van der Waals surface area contributed by atoms with Gasteiger partial charge in [0, 0.05) is 11.7 Å². The molecule has 2 atom stereocenters. The zero-order chi connectivity index (χ0) is 13.8. The second-order valence-corrected chi connectivity index (χ2v) is 5.62. The van der Waals surface area contributed by atoms with Gasteiger partial charge in [0.05, 0.1) is 5.69 Å². The van der Waals surface area contributed by atoms with Gasteiger partial charge in [-0.1, -0.05) is 32.3 Å². The van der Waals surface area contributed by atoms with Crippen molar-refractivity contribution in [3.05, 3.63) is 36.9 Å². The van der Waals surface area contributed by atoms with Crippen LogP contribution < -0.4 is 5.32 Å². The fraction of sp³-hybridized carbons (Fsp3) is 0.500. The van der Waals surface area contributed by atoms with Gasteiger partial charge in [0.15, 0.2) is 0 Å². The maximum absolute atomic E-state index is 3.86. The van der Waals surface area contributed by atoms with E-state index in [0.29, 0.717) is 6.04 Å². The number of benzene rings is 1. The van der Waals surface area contributed by atoms with E-state index in [4.69, 9.17) is 0 Å². The van der Waals surface area contributed by atoms with Gasteiger partial charge in [-0.15, -0.1) is 10.2 Å². The van der Waals surface area contributed by atoms with Gasteiger partial charge in [-0.25, -0.2) is 0 Å². The van der Waals surface area contributed by atoms with E-state index in [1.807, 2.05) is 4.57 Å². The van der Waals surface area contributed by atoms with E-state index < -0.39 is 0 Å². The summed E-state index contributed by atoms with van der Waals surface area (Å²) < 4.78 is 1.93. The minimum absolute atomic E-state index is 0.616. The van der Waals surface area contributed by atoms with E-state index >= 15 is 0 Å². The van der Waals surface area contributed by atoms with Gasteiger partial charge in [0.25, 0.3) is 0 Å². The third-order valence-electron chi connectivity index (χ3n) is 4.35. The van der Waals surface area contributed by atoms with Crippen LogP contribution in [0.5, 0.6) is 0 Å². The molecule has 20 heavy (non-hydrogen) atoms. The van der Waals surface area contributed by atoms with E-state index in [-0.39, 0.29) is 0 Å². The van der Waals surface area contributed by atoms with Crippen molar-refractivity contribution in [2.45, 2.75) is 45.1 Å². The number of hydrogen-bond donors (Lipinski definition) is 1. The smallest absolute Gasteiger partial charge is 0.123 e. The topological polar surface area (TPSA) is 42.7 Å². The van der Waals surface area contributed by atoms with Crippen molar-refractivity contribution in [3.63, 3.8) is 0 Å². The van der Waals surface area contributed by atoms with E-state index in [9.17, 15) is 0 Å². The molecule has 0 amide bonds. The minimum Gasteiger partial charge on any atom is -0.382 e. The van der Waals surface area contributed by atoms with Crippen molar-refractivity contribution in [2.24, 2.45) is 5.92 Å². The summed E-state index contributed by atoms with van der Waals surface area (Å²) in [5, 5.41) is 11.5. The molecule has 3 rings (SSSR count). The molecule has 2 unspecified atom stereocenters. The Morgan fingerprint density at radius 1 is 1.20 bits per heavy atom. The lowest BCUT2D eigenvalue weighted by molar-refractivity contribution is 0.317. The highest BCUT2D eigenvalue weighted by atomic mass is 15.2. The predicted octanol–water partition coefficient (Wildman–Crippen LogP) is 3.65. The fourth-order valence-corrected chi connectivity index (χ4v) is 3.19. The molecule has 1 aromatic carbocycles.